The van der Waals surface area contributed by atoms with Gasteiger partial charge in [0.2, 0.25) is 0 Å². The summed E-state index contributed by atoms with van der Waals surface area (Å²) in [5.74, 6) is -1.29. The maximum Gasteiger partial charge on any atom is 0.328 e. The number of nitrogens with zero attached hydrogens (tertiary/aromatic N) is 1. The fraction of sp³-hybridized carbons (Fsp3) is 0.818. The molecule has 0 saturated heterocycles. The fourth-order valence-corrected chi connectivity index (χ4v) is 1.70. The molecule has 0 aliphatic carbocycles. The standard InChI is InChI=1S/C11H22N2O5/c1-3-8(4-2)13(5-6-14)11(18)12-9(7-15)10(16)17/h8-9,14-15H,3-7H2,1-2H3,(H,12,18)(H,16,17)/t9-/m0/s1. The Labute approximate surface area is 106 Å². The van der Waals surface area contributed by atoms with Crippen molar-refractivity contribution in [2.75, 3.05) is 19.8 Å². The van der Waals surface area contributed by atoms with E-state index in [9.17, 15) is 9.59 Å². The lowest BCUT2D eigenvalue weighted by atomic mass is 10.1. The van der Waals surface area contributed by atoms with E-state index in [2.05, 4.69) is 5.32 Å². The Morgan fingerprint density at radius 1 is 1.22 bits per heavy atom. The number of aliphatic carboxylic acids is 1. The van der Waals surface area contributed by atoms with Crippen LogP contribution in [0.5, 0.6) is 0 Å². The number of rotatable bonds is 8. The summed E-state index contributed by atoms with van der Waals surface area (Å²) < 4.78 is 0. The Morgan fingerprint density at radius 3 is 2.11 bits per heavy atom. The molecule has 7 nitrogen and oxygen atoms in total. The molecule has 0 aliphatic heterocycles. The molecule has 0 heterocycles. The molecule has 0 fully saturated rings. The van der Waals surface area contributed by atoms with Crippen molar-refractivity contribution in [3.8, 4) is 0 Å². The van der Waals surface area contributed by atoms with E-state index in [0.717, 1.165) is 0 Å². The number of hydrogen-bond acceptors (Lipinski definition) is 4. The van der Waals surface area contributed by atoms with E-state index in [1.807, 2.05) is 13.8 Å². The van der Waals surface area contributed by atoms with Crippen molar-refractivity contribution in [3.05, 3.63) is 0 Å². The molecule has 0 unspecified atom stereocenters. The molecule has 0 saturated carbocycles. The van der Waals surface area contributed by atoms with Gasteiger partial charge in [-0.15, -0.1) is 0 Å². The summed E-state index contributed by atoms with van der Waals surface area (Å²) in [5.41, 5.74) is 0. The van der Waals surface area contributed by atoms with Gasteiger partial charge in [0, 0.05) is 12.6 Å². The lowest BCUT2D eigenvalue weighted by molar-refractivity contribution is -0.140. The van der Waals surface area contributed by atoms with Crippen LogP contribution in [0.2, 0.25) is 0 Å². The summed E-state index contributed by atoms with van der Waals surface area (Å²) in [6.07, 6.45) is 1.42. The third-order valence-corrected chi connectivity index (χ3v) is 2.76. The topological polar surface area (TPSA) is 110 Å². The highest BCUT2D eigenvalue weighted by Gasteiger charge is 2.25. The van der Waals surface area contributed by atoms with E-state index in [0.29, 0.717) is 12.8 Å². The summed E-state index contributed by atoms with van der Waals surface area (Å²) in [4.78, 5) is 24.0. The molecular formula is C11H22N2O5. The lowest BCUT2D eigenvalue weighted by Crippen LogP contribution is -2.53. The van der Waals surface area contributed by atoms with Crippen LogP contribution in [-0.4, -0.2) is 64.1 Å². The normalized spacial score (nSPS) is 12.3. The largest absolute Gasteiger partial charge is 0.480 e. The zero-order chi connectivity index (χ0) is 14.1. The van der Waals surface area contributed by atoms with Crippen molar-refractivity contribution in [3.63, 3.8) is 0 Å². The Morgan fingerprint density at radius 2 is 1.78 bits per heavy atom. The van der Waals surface area contributed by atoms with Crippen LogP contribution < -0.4 is 5.32 Å². The van der Waals surface area contributed by atoms with Crippen LogP contribution in [0, 0.1) is 0 Å². The van der Waals surface area contributed by atoms with Crippen LogP contribution in [0.25, 0.3) is 0 Å². The van der Waals surface area contributed by atoms with Gasteiger partial charge in [0.05, 0.1) is 13.2 Å². The van der Waals surface area contributed by atoms with Gasteiger partial charge < -0.3 is 25.5 Å². The number of amides is 2. The van der Waals surface area contributed by atoms with Crippen molar-refractivity contribution in [2.45, 2.75) is 38.8 Å². The second-order valence-electron chi connectivity index (χ2n) is 3.91. The number of carbonyl (C=O) groups is 2. The number of carboxylic acids is 1. The number of carbonyl (C=O) groups excluding carboxylic acids is 1. The third-order valence-electron chi connectivity index (χ3n) is 2.76. The molecule has 0 rings (SSSR count). The van der Waals surface area contributed by atoms with Crippen LogP contribution in [0.4, 0.5) is 4.79 Å². The van der Waals surface area contributed by atoms with E-state index < -0.39 is 24.6 Å². The number of hydrogen-bond donors (Lipinski definition) is 4. The maximum absolute atomic E-state index is 11.9. The molecular weight excluding hydrogens is 240 g/mol. The molecule has 2 amide bonds. The second kappa shape index (κ2) is 8.71. The summed E-state index contributed by atoms with van der Waals surface area (Å²) in [7, 11) is 0. The van der Waals surface area contributed by atoms with Gasteiger partial charge in [-0.3, -0.25) is 0 Å². The lowest BCUT2D eigenvalue weighted by Gasteiger charge is -2.31. The van der Waals surface area contributed by atoms with Crippen LogP contribution in [0.15, 0.2) is 0 Å². The highest BCUT2D eigenvalue weighted by molar-refractivity contribution is 5.82. The third kappa shape index (κ3) is 4.89. The fourth-order valence-electron chi connectivity index (χ4n) is 1.70. The summed E-state index contributed by atoms with van der Waals surface area (Å²) in [6.45, 7) is 3.09. The zero-order valence-corrected chi connectivity index (χ0v) is 10.8. The molecule has 1 atom stereocenters. The molecule has 0 radical (unpaired) electrons. The Hall–Kier alpha value is -1.34. The average Bonchev–Trinajstić information content (AvgIpc) is 2.35. The van der Waals surface area contributed by atoms with Crippen molar-refractivity contribution < 1.29 is 24.9 Å². The predicted molar refractivity (Wildman–Crippen MR) is 65.2 cm³/mol. The van der Waals surface area contributed by atoms with Crippen molar-refractivity contribution in [1.29, 1.82) is 0 Å². The number of nitrogens with one attached hydrogen (secondary N) is 1. The zero-order valence-electron chi connectivity index (χ0n) is 10.8. The Bertz CT molecular complexity index is 268. The van der Waals surface area contributed by atoms with Gasteiger partial charge in [0.25, 0.3) is 0 Å². The Kier molecular flexibility index (Phi) is 8.06. The number of aliphatic hydroxyl groups excluding tert-OH is 2. The van der Waals surface area contributed by atoms with E-state index in [-0.39, 0.29) is 19.2 Å². The molecule has 106 valence electrons. The first-order valence-electron chi connectivity index (χ1n) is 6.03. The molecule has 0 aliphatic rings. The molecule has 7 heteroatoms. The molecule has 0 spiro atoms. The van der Waals surface area contributed by atoms with Gasteiger partial charge in [-0.05, 0) is 12.8 Å². The molecule has 0 aromatic rings. The maximum atomic E-state index is 11.9. The van der Waals surface area contributed by atoms with Crippen LogP contribution in [0.3, 0.4) is 0 Å². The monoisotopic (exact) mass is 262 g/mol. The van der Waals surface area contributed by atoms with E-state index in [1.165, 1.54) is 4.90 Å². The highest BCUT2D eigenvalue weighted by atomic mass is 16.4. The summed E-state index contributed by atoms with van der Waals surface area (Å²) >= 11 is 0. The Balaban J connectivity index is 4.69. The SMILES string of the molecule is CCC(CC)N(CCO)C(=O)N[C@@H](CO)C(=O)O. The van der Waals surface area contributed by atoms with Gasteiger partial charge in [0.1, 0.15) is 0 Å². The predicted octanol–water partition coefficient (Wildman–Crippen LogP) is -0.376. The summed E-state index contributed by atoms with van der Waals surface area (Å²) in [6, 6.07) is -1.97. The summed E-state index contributed by atoms with van der Waals surface area (Å²) in [5, 5.41) is 28.8. The molecule has 18 heavy (non-hydrogen) atoms. The van der Waals surface area contributed by atoms with Crippen LogP contribution >= 0.6 is 0 Å². The minimum absolute atomic E-state index is 0.0645. The van der Waals surface area contributed by atoms with Crippen molar-refractivity contribution in [1.82, 2.24) is 10.2 Å². The first kappa shape index (κ1) is 16.7. The highest BCUT2D eigenvalue weighted by Crippen LogP contribution is 2.08. The number of carboxylic acid groups (broad SMARTS) is 1. The minimum Gasteiger partial charge on any atom is -0.480 e. The van der Waals surface area contributed by atoms with Gasteiger partial charge in [-0.2, -0.15) is 0 Å². The van der Waals surface area contributed by atoms with Crippen LogP contribution in [-0.2, 0) is 4.79 Å². The van der Waals surface area contributed by atoms with E-state index in [4.69, 9.17) is 15.3 Å². The smallest absolute Gasteiger partial charge is 0.328 e. The van der Waals surface area contributed by atoms with Gasteiger partial charge in [0.15, 0.2) is 6.04 Å². The van der Waals surface area contributed by atoms with Gasteiger partial charge in [-0.25, -0.2) is 9.59 Å². The quantitative estimate of drug-likeness (QED) is 0.477. The first-order valence-corrected chi connectivity index (χ1v) is 6.03. The average molecular weight is 262 g/mol. The van der Waals surface area contributed by atoms with Crippen LogP contribution in [0.1, 0.15) is 26.7 Å². The molecule has 4 N–H and O–H groups in total. The minimum atomic E-state index is -1.33. The second-order valence-corrected chi connectivity index (χ2v) is 3.91. The molecule has 0 bridgehead atoms. The van der Waals surface area contributed by atoms with Gasteiger partial charge >= 0.3 is 12.0 Å². The van der Waals surface area contributed by atoms with Gasteiger partial charge in [-0.1, -0.05) is 13.8 Å². The molecule has 0 aromatic heterocycles. The number of aliphatic hydroxyl groups is 2. The van der Waals surface area contributed by atoms with Crippen molar-refractivity contribution >= 4 is 12.0 Å². The number of urea groups is 1. The first-order chi connectivity index (χ1) is 8.51. The molecule has 0 aromatic carbocycles. The van der Waals surface area contributed by atoms with Crippen molar-refractivity contribution in [2.24, 2.45) is 0 Å². The van der Waals surface area contributed by atoms with E-state index in [1.54, 1.807) is 0 Å². The van der Waals surface area contributed by atoms with E-state index >= 15 is 0 Å².